The van der Waals surface area contributed by atoms with E-state index in [1.54, 1.807) is 0 Å². The summed E-state index contributed by atoms with van der Waals surface area (Å²) < 4.78 is 26.5. The number of nitrogens with one attached hydrogen (secondary N) is 2. The SMILES string of the molecule is CC(=O)Nc1ccc(S(=O)(=O)NC(C)C(C)C(=O)O)cc1. The number of hydrogen-bond acceptors (Lipinski definition) is 4. The fourth-order valence-corrected chi connectivity index (χ4v) is 2.87. The highest BCUT2D eigenvalue weighted by molar-refractivity contribution is 7.89. The molecule has 0 aliphatic carbocycles. The third kappa shape index (κ3) is 4.83. The molecule has 1 rings (SSSR count). The van der Waals surface area contributed by atoms with Crippen molar-refractivity contribution in [3.05, 3.63) is 24.3 Å². The van der Waals surface area contributed by atoms with Gasteiger partial charge >= 0.3 is 5.97 Å². The van der Waals surface area contributed by atoms with Gasteiger partial charge in [-0.2, -0.15) is 0 Å². The number of amides is 1. The second-order valence-corrected chi connectivity index (χ2v) is 6.46. The van der Waals surface area contributed by atoms with E-state index >= 15 is 0 Å². The number of hydrogen-bond donors (Lipinski definition) is 3. The topological polar surface area (TPSA) is 113 Å². The van der Waals surface area contributed by atoms with Gasteiger partial charge < -0.3 is 10.4 Å². The maximum absolute atomic E-state index is 12.1. The molecule has 0 fully saturated rings. The minimum atomic E-state index is -3.81. The second-order valence-electron chi connectivity index (χ2n) is 4.74. The van der Waals surface area contributed by atoms with E-state index in [1.807, 2.05) is 0 Å². The van der Waals surface area contributed by atoms with E-state index in [4.69, 9.17) is 5.11 Å². The Morgan fingerprint density at radius 2 is 1.67 bits per heavy atom. The van der Waals surface area contributed by atoms with Gasteiger partial charge in [-0.25, -0.2) is 13.1 Å². The van der Waals surface area contributed by atoms with Crippen molar-refractivity contribution in [2.75, 3.05) is 5.32 Å². The Balaban J connectivity index is 2.88. The number of carbonyl (C=O) groups excluding carboxylic acids is 1. The summed E-state index contributed by atoms with van der Waals surface area (Å²) in [7, 11) is -3.81. The quantitative estimate of drug-likeness (QED) is 0.726. The highest BCUT2D eigenvalue weighted by Gasteiger charge is 2.25. The van der Waals surface area contributed by atoms with Gasteiger partial charge in [0.15, 0.2) is 0 Å². The van der Waals surface area contributed by atoms with Crippen molar-refractivity contribution in [1.82, 2.24) is 4.72 Å². The van der Waals surface area contributed by atoms with Crippen LogP contribution >= 0.6 is 0 Å². The van der Waals surface area contributed by atoms with E-state index in [-0.39, 0.29) is 10.8 Å². The van der Waals surface area contributed by atoms with E-state index in [0.29, 0.717) is 5.69 Å². The fraction of sp³-hybridized carbons (Fsp3) is 0.385. The summed E-state index contributed by atoms with van der Waals surface area (Å²) in [5.41, 5.74) is 0.480. The first-order valence-electron chi connectivity index (χ1n) is 6.26. The van der Waals surface area contributed by atoms with Gasteiger partial charge in [0.1, 0.15) is 0 Å². The molecular weight excluding hydrogens is 296 g/mol. The third-order valence-corrected chi connectivity index (χ3v) is 4.54. The standard InChI is InChI=1S/C13H18N2O5S/c1-8(13(17)18)9(2)15-21(19,20)12-6-4-11(5-7-12)14-10(3)16/h4-9,15H,1-3H3,(H,14,16)(H,17,18). The van der Waals surface area contributed by atoms with Crippen LogP contribution < -0.4 is 10.0 Å². The molecule has 0 bridgehead atoms. The van der Waals surface area contributed by atoms with E-state index in [1.165, 1.54) is 45.0 Å². The molecule has 2 atom stereocenters. The number of benzene rings is 1. The van der Waals surface area contributed by atoms with Crippen LogP contribution in [0, 0.1) is 5.92 Å². The zero-order valence-corrected chi connectivity index (χ0v) is 12.8. The monoisotopic (exact) mass is 314 g/mol. The molecule has 0 saturated carbocycles. The number of carboxylic acid groups (broad SMARTS) is 1. The van der Waals surface area contributed by atoms with E-state index in [0.717, 1.165) is 0 Å². The van der Waals surface area contributed by atoms with Crippen LogP contribution in [0.1, 0.15) is 20.8 Å². The smallest absolute Gasteiger partial charge is 0.307 e. The van der Waals surface area contributed by atoms with Crippen molar-refractivity contribution in [2.24, 2.45) is 5.92 Å². The number of rotatable bonds is 6. The van der Waals surface area contributed by atoms with Gasteiger partial charge in [0.05, 0.1) is 10.8 Å². The predicted molar refractivity (Wildman–Crippen MR) is 77.3 cm³/mol. The number of anilines is 1. The van der Waals surface area contributed by atoms with Crippen LogP contribution in [0.5, 0.6) is 0 Å². The largest absolute Gasteiger partial charge is 0.481 e. The van der Waals surface area contributed by atoms with Crippen molar-refractivity contribution >= 4 is 27.6 Å². The number of aliphatic carboxylic acids is 1. The van der Waals surface area contributed by atoms with Crippen molar-refractivity contribution in [3.8, 4) is 0 Å². The van der Waals surface area contributed by atoms with Crippen LogP contribution in [0.3, 0.4) is 0 Å². The Hall–Kier alpha value is -1.93. The molecule has 21 heavy (non-hydrogen) atoms. The van der Waals surface area contributed by atoms with Crippen LogP contribution in [-0.2, 0) is 19.6 Å². The van der Waals surface area contributed by atoms with Crippen LogP contribution in [0.2, 0.25) is 0 Å². The van der Waals surface area contributed by atoms with Gasteiger partial charge in [-0.15, -0.1) is 0 Å². The lowest BCUT2D eigenvalue weighted by atomic mass is 10.1. The van der Waals surface area contributed by atoms with Crippen LogP contribution in [0.15, 0.2) is 29.2 Å². The molecule has 8 heteroatoms. The highest BCUT2D eigenvalue weighted by atomic mass is 32.2. The molecule has 0 aromatic heterocycles. The first kappa shape index (κ1) is 17.1. The average Bonchev–Trinajstić information content (AvgIpc) is 2.37. The van der Waals surface area contributed by atoms with E-state index in [9.17, 15) is 18.0 Å². The van der Waals surface area contributed by atoms with Crippen molar-refractivity contribution in [2.45, 2.75) is 31.7 Å². The van der Waals surface area contributed by atoms with Crippen molar-refractivity contribution in [3.63, 3.8) is 0 Å². The summed E-state index contributed by atoms with van der Waals surface area (Å²) in [6, 6.07) is 4.85. The maximum atomic E-state index is 12.1. The van der Waals surface area contributed by atoms with Gasteiger partial charge in [-0.05, 0) is 31.2 Å². The molecule has 0 aliphatic rings. The summed E-state index contributed by atoms with van der Waals surface area (Å²) in [6.07, 6.45) is 0. The van der Waals surface area contributed by atoms with Crippen LogP contribution in [-0.4, -0.2) is 31.4 Å². The van der Waals surface area contributed by atoms with Crippen LogP contribution in [0.4, 0.5) is 5.69 Å². The zero-order valence-electron chi connectivity index (χ0n) is 12.0. The molecule has 0 spiro atoms. The second kappa shape index (κ2) is 6.68. The molecule has 7 nitrogen and oxygen atoms in total. The molecule has 1 aromatic rings. The zero-order chi connectivity index (χ0) is 16.2. The summed E-state index contributed by atoms with van der Waals surface area (Å²) >= 11 is 0. The van der Waals surface area contributed by atoms with E-state index in [2.05, 4.69) is 10.0 Å². The lowest BCUT2D eigenvalue weighted by Crippen LogP contribution is -2.39. The average molecular weight is 314 g/mol. The predicted octanol–water partition coefficient (Wildman–Crippen LogP) is 1.03. The molecule has 116 valence electrons. The van der Waals surface area contributed by atoms with Gasteiger partial charge in [-0.3, -0.25) is 9.59 Å². The number of sulfonamides is 1. The normalized spacial score (nSPS) is 14.2. The lowest BCUT2D eigenvalue weighted by molar-refractivity contribution is -0.141. The number of carboxylic acids is 1. The Morgan fingerprint density at radius 1 is 1.14 bits per heavy atom. The fourth-order valence-electron chi connectivity index (χ4n) is 1.55. The Bertz CT molecular complexity index is 624. The molecule has 0 aliphatic heterocycles. The number of carbonyl (C=O) groups is 2. The molecule has 0 radical (unpaired) electrons. The van der Waals surface area contributed by atoms with Crippen molar-refractivity contribution in [1.29, 1.82) is 0 Å². The van der Waals surface area contributed by atoms with Crippen molar-refractivity contribution < 1.29 is 23.1 Å². The minimum absolute atomic E-state index is 0.000964. The maximum Gasteiger partial charge on any atom is 0.307 e. The Morgan fingerprint density at radius 3 is 2.10 bits per heavy atom. The van der Waals surface area contributed by atoms with Gasteiger partial charge in [0.25, 0.3) is 0 Å². The molecule has 1 amide bonds. The summed E-state index contributed by atoms with van der Waals surface area (Å²) in [4.78, 5) is 21.7. The Labute approximate surface area is 123 Å². The highest BCUT2D eigenvalue weighted by Crippen LogP contribution is 2.15. The summed E-state index contributed by atoms with van der Waals surface area (Å²) in [5.74, 6) is -2.18. The lowest BCUT2D eigenvalue weighted by Gasteiger charge is -2.17. The van der Waals surface area contributed by atoms with Gasteiger partial charge in [-0.1, -0.05) is 6.92 Å². The van der Waals surface area contributed by atoms with Gasteiger partial charge in [0, 0.05) is 18.7 Å². The van der Waals surface area contributed by atoms with Gasteiger partial charge in [0.2, 0.25) is 15.9 Å². The molecular formula is C13H18N2O5S. The first-order valence-corrected chi connectivity index (χ1v) is 7.74. The molecule has 2 unspecified atom stereocenters. The molecule has 0 heterocycles. The third-order valence-electron chi connectivity index (χ3n) is 2.97. The van der Waals surface area contributed by atoms with Crippen LogP contribution in [0.25, 0.3) is 0 Å². The summed E-state index contributed by atoms with van der Waals surface area (Å²) in [5, 5.41) is 11.4. The minimum Gasteiger partial charge on any atom is -0.481 e. The van der Waals surface area contributed by atoms with E-state index < -0.39 is 28.0 Å². The molecule has 3 N–H and O–H groups in total. The Kier molecular flexibility index (Phi) is 5.45. The first-order chi connectivity index (χ1) is 9.63. The molecule has 0 saturated heterocycles. The molecule has 1 aromatic carbocycles. The summed E-state index contributed by atoms with van der Waals surface area (Å²) in [6.45, 7) is 4.26.